The number of esters is 1. The number of nitrogens with zero attached hydrogens (tertiary/aromatic N) is 1. The maximum atomic E-state index is 12.8. The number of nitrogens with one attached hydrogen (secondary N) is 1. The third-order valence-electron chi connectivity index (χ3n) is 5.28. The molecule has 1 aromatic carbocycles. The van der Waals surface area contributed by atoms with Gasteiger partial charge in [-0.2, -0.15) is 0 Å². The highest BCUT2D eigenvalue weighted by molar-refractivity contribution is 6.09. The van der Waals surface area contributed by atoms with Gasteiger partial charge in [0.2, 0.25) is 11.8 Å². The average Bonchev–Trinajstić information content (AvgIpc) is 3.08. The zero-order chi connectivity index (χ0) is 18.4. The van der Waals surface area contributed by atoms with Crippen LogP contribution in [0.15, 0.2) is 24.3 Å². The molecule has 2 fully saturated rings. The first kappa shape index (κ1) is 17.4. The molecule has 7 heteroatoms. The van der Waals surface area contributed by atoms with Crippen LogP contribution >= 0.6 is 0 Å². The quantitative estimate of drug-likeness (QED) is 0.644. The summed E-state index contributed by atoms with van der Waals surface area (Å²) in [6.45, 7) is 3.67. The van der Waals surface area contributed by atoms with Crippen LogP contribution in [0.5, 0.6) is 5.75 Å². The van der Waals surface area contributed by atoms with Crippen LogP contribution in [0.25, 0.3) is 0 Å². The summed E-state index contributed by atoms with van der Waals surface area (Å²) in [6.07, 6.45) is 0. The number of carbonyl (C=O) groups excluding carboxylic acids is 3. The molecule has 0 aromatic heterocycles. The van der Waals surface area contributed by atoms with E-state index in [0.29, 0.717) is 5.75 Å². The fourth-order valence-corrected chi connectivity index (χ4v) is 4.01. The number of benzene rings is 1. The summed E-state index contributed by atoms with van der Waals surface area (Å²) in [4.78, 5) is 39.2. The SMILES string of the molecule is CCN1C(=O)[C@@H]2[C@H](c3ccc(OC)cc3)N[C@@](C)(C(=O)OC)[C@H]2C1=O. The Hall–Kier alpha value is -2.41. The molecule has 0 spiro atoms. The summed E-state index contributed by atoms with van der Waals surface area (Å²) in [7, 11) is 2.86. The van der Waals surface area contributed by atoms with Gasteiger partial charge in [0.05, 0.1) is 26.1 Å². The van der Waals surface area contributed by atoms with Gasteiger partial charge in [-0.25, -0.2) is 0 Å². The topological polar surface area (TPSA) is 84.9 Å². The van der Waals surface area contributed by atoms with Gasteiger partial charge in [0.15, 0.2) is 0 Å². The van der Waals surface area contributed by atoms with Crippen molar-refractivity contribution >= 4 is 17.8 Å². The van der Waals surface area contributed by atoms with Crippen molar-refractivity contribution in [3.63, 3.8) is 0 Å². The first-order chi connectivity index (χ1) is 11.9. The molecular weight excluding hydrogens is 324 g/mol. The molecule has 3 rings (SSSR count). The van der Waals surface area contributed by atoms with Crippen molar-refractivity contribution in [1.29, 1.82) is 0 Å². The van der Waals surface area contributed by atoms with Crippen LogP contribution < -0.4 is 10.1 Å². The van der Waals surface area contributed by atoms with Crippen LogP contribution in [0.3, 0.4) is 0 Å². The zero-order valence-electron chi connectivity index (χ0n) is 14.7. The maximum Gasteiger partial charge on any atom is 0.326 e. The van der Waals surface area contributed by atoms with Crippen molar-refractivity contribution < 1.29 is 23.9 Å². The van der Waals surface area contributed by atoms with Crippen molar-refractivity contribution in [2.75, 3.05) is 20.8 Å². The van der Waals surface area contributed by atoms with Crippen molar-refractivity contribution in [1.82, 2.24) is 10.2 Å². The molecular formula is C18H22N2O5. The summed E-state index contributed by atoms with van der Waals surface area (Å²) in [5.74, 6) is -1.84. The number of likely N-dealkylation sites (tertiary alicyclic amines) is 1. The molecule has 134 valence electrons. The van der Waals surface area contributed by atoms with Gasteiger partial charge in [-0.1, -0.05) is 12.1 Å². The molecule has 2 amide bonds. The highest BCUT2D eigenvalue weighted by Crippen LogP contribution is 2.48. The molecule has 2 aliphatic heterocycles. The number of fused-ring (bicyclic) bond motifs is 1. The minimum absolute atomic E-state index is 0.251. The Balaban J connectivity index is 2.06. The van der Waals surface area contributed by atoms with Crippen LogP contribution in [0.2, 0.25) is 0 Å². The zero-order valence-corrected chi connectivity index (χ0v) is 14.7. The van der Waals surface area contributed by atoms with Crippen LogP contribution in [0.4, 0.5) is 0 Å². The van der Waals surface area contributed by atoms with E-state index in [2.05, 4.69) is 5.32 Å². The Morgan fingerprint density at radius 3 is 2.36 bits per heavy atom. The highest BCUT2D eigenvalue weighted by atomic mass is 16.5. The minimum atomic E-state index is -1.25. The third-order valence-corrected chi connectivity index (χ3v) is 5.28. The molecule has 2 aliphatic rings. The predicted octanol–water partition coefficient (Wildman–Crippen LogP) is 0.892. The number of hydrogen-bond donors (Lipinski definition) is 1. The Kier molecular flexibility index (Phi) is 4.28. The van der Waals surface area contributed by atoms with E-state index in [9.17, 15) is 14.4 Å². The second-order valence-corrected chi connectivity index (χ2v) is 6.51. The molecule has 0 unspecified atom stereocenters. The van der Waals surface area contributed by atoms with E-state index >= 15 is 0 Å². The first-order valence-electron chi connectivity index (χ1n) is 8.24. The lowest BCUT2D eigenvalue weighted by Crippen LogP contribution is -2.53. The van der Waals surface area contributed by atoms with Crippen molar-refractivity contribution in [2.24, 2.45) is 11.8 Å². The number of imide groups is 1. The number of methoxy groups -OCH3 is 2. The van der Waals surface area contributed by atoms with Gasteiger partial charge in [0.25, 0.3) is 0 Å². The van der Waals surface area contributed by atoms with Crippen LogP contribution in [0, 0.1) is 11.8 Å². The Morgan fingerprint density at radius 2 is 1.84 bits per heavy atom. The largest absolute Gasteiger partial charge is 0.497 e. The Labute approximate surface area is 146 Å². The lowest BCUT2D eigenvalue weighted by atomic mass is 9.80. The van der Waals surface area contributed by atoms with Crippen LogP contribution in [-0.2, 0) is 19.1 Å². The van der Waals surface area contributed by atoms with E-state index in [1.54, 1.807) is 33.1 Å². The van der Waals surface area contributed by atoms with Crippen LogP contribution in [-0.4, -0.2) is 49.0 Å². The average molecular weight is 346 g/mol. The predicted molar refractivity (Wildman–Crippen MR) is 88.7 cm³/mol. The summed E-state index contributed by atoms with van der Waals surface area (Å²) < 4.78 is 10.1. The fourth-order valence-electron chi connectivity index (χ4n) is 4.01. The molecule has 25 heavy (non-hydrogen) atoms. The molecule has 7 nitrogen and oxygen atoms in total. The maximum absolute atomic E-state index is 12.8. The molecule has 4 atom stereocenters. The molecule has 0 radical (unpaired) electrons. The summed E-state index contributed by atoms with van der Waals surface area (Å²) in [5.41, 5.74) is -0.428. The Morgan fingerprint density at radius 1 is 1.20 bits per heavy atom. The van der Waals surface area contributed by atoms with Gasteiger partial charge in [-0.3, -0.25) is 24.6 Å². The molecule has 2 saturated heterocycles. The molecule has 2 heterocycles. The van der Waals surface area contributed by atoms with E-state index in [1.165, 1.54) is 12.0 Å². The number of ether oxygens (including phenoxy) is 2. The summed E-state index contributed by atoms with van der Waals surface area (Å²) in [5, 5.41) is 3.20. The second-order valence-electron chi connectivity index (χ2n) is 6.51. The third kappa shape index (κ3) is 2.41. The van der Waals surface area contributed by atoms with Crippen molar-refractivity contribution in [2.45, 2.75) is 25.4 Å². The highest BCUT2D eigenvalue weighted by Gasteiger charge is 2.66. The molecule has 1 N–H and O–H groups in total. The first-order valence-corrected chi connectivity index (χ1v) is 8.24. The number of hydrogen-bond acceptors (Lipinski definition) is 6. The summed E-state index contributed by atoms with van der Waals surface area (Å²) >= 11 is 0. The smallest absolute Gasteiger partial charge is 0.326 e. The fraction of sp³-hybridized carbons (Fsp3) is 0.500. The van der Waals surface area contributed by atoms with Gasteiger partial charge in [0, 0.05) is 12.6 Å². The lowest BCUT2D eigenvalue weighted by Gasteiger charge is -2.28. The van der Waals surface area contributed by atoms with Crippen LogP contribution in [0.1, 0.15) is 25.5 Å². The molecule has 1 aromatic rings. The monoisotopic (exact) mass is 346 g/mol. The van der Waals surface area contributed by atoms with E-state index in [-0.39, 0.29) is 18.4 Å². The second kappa shape index (κ2) is 6.15. The van der Waals surface area contributed by atoms with Gasteiger partial charge in [-0.05, 0) is 31.5 Å². The van der Waals surface area contributed by atoms with Gasteiger partial charge in [0.1, 0.15) is 11.3 Å². The Bertz CT molecular complexity index is 717. The molecule has 0 bridgehead atoms. The number of amides is 2. The van der Waals surface area contributed by atoms with E-state index < -0.39 is 29.4 Å². The van der Waals surface area contributed by atoms with Crippen molar-refractivity contribution in [3.8, 4) is 5.75 Å². The number of rotatable bonds is 4. The minimum Gasteiger partial charge on any atom is -0.497 e. The van der Waals surface area contributed by atoms with Gasteiger partial charge in [-0.15, -0.1) is 0 Å². The molecule has 0 saturated carbocycles. The van der Waals surface area contributed by atoms with E-state index in [1.807, 2.05) is 12.1 Å². The van der Waals surface area contributed by atoms with E-state index in [0.717, 1.165) is 5.56 Å². The number of carbonyl (C=O) groups is 3. The summed E-state index contributed by atoms with van der Waals surface area (Å²) in [6, 6.07) is 6.80. The van der Waals surface area contributed by atoms with Gasteiger partial charge >= 0.3 is 5.97 Å². The van der Waals surface area contributed by atoms with Crippen molar-refractivity contribution in [3.05, 3.63) is 29.8 Å². The normalized spacial score (nSPS) is 31.2. The van der Waals surface area contributed by atoms with Gasteiger partial charge < -0.3 is 9.47 Å². The standard InChI is InChI=1S/C18H22N2O5/c1-5-20-15(21)12-13(16(20)22)18(2,17(23)25-4)19-14(12)10-6-8-11(24-3)9-7-10/h6-9,12-14,19H,5H2,1-4H3/t12-,13+,14-,18+/m0/s1. The lowest BCUT2D eigenvalue weighted by molar-refractivity contribution is -0.153. The van der Waals surface area contributed by atoms with E-state index in [4.69, 9.17) is 9.47 Å². The molecule has 0 aliphatic carbocycles.